The molecule has 0 spiro atoms. The van der Waals surface area contributed by atoms with Crippen molar-refractivity contribution in [2.24, 2.45) is 5.41 Å². The van der Waals surface area contributed by atoms with Crippen molar-refractivity contribution in [2.45, 2.75) is 32.8 Å². The molecule has 1 heterocycles. The highest BCUT2D eigenvalue weighted by Crippen LogP contribution is 2.42. The molecule has 1 unspecified atom stereocenters. The number of hydrogen-bond acceptors (Lipinski definition) is 2. The summed E-state index contributed by atoms with van der Waals surface area (Å²) in [5, 5.41) is 11.0. The van der Waals surface area contributed by atoms with Crippen molar-refractivity contribution in [3.63, 3.8) is 0 Å². The average molecular weight is 306 g/mol. The van der Waals surface area contributed by atoms with Crippen LogP contribution in [-0.2, 0) is 6.42 Å². The Kier molecular flexibility index (Phi) is 3.50. The Morgan fingerprint density at radius 2 is 2.10 bits per heavy atom. The van der Waals surface area contributed by atoms with Crippen LogP contribution in [0.4, 0.5) is 0 Å². The van der Waals surface area contributed by atoms with Crippen LogP contribution in [0.2, 0.25) is 5.02 Å². The fourth-order valence-electron chi connectivity index (χ4n) is 3.16. The van der Waals surface area contributed by atoms with Gasteiger partial charge in [0, 0.05) is 23.5 Å². The lowest BCUT2D eigenvalue weighted by molar-refractivity contribution is 0.0987. The molecule has 1 aromatic carbocycles. The number of fused-ring (bicyclic) bond motifs is 1. The van der Waals surface area contributed by atoms with Crippen LogP contribution in [0.1, 0.15) is 37.6 Å². The van der Waals surface area contributed by atoms with Gasteiger partial charge in [-0.2, -0.15) is 0 Å². The Morgan fingerprint density at radius 3 is 2.81 bits per heavy atom. The topological polar surface area (TPSA) is 34.4 Å². The third-order valence-electron chi connectivity index (χ3n) is 4.19. The fourth-order valence-corrected chi connectivity index (χ4v) is 3.37. The van der Waals surface area contributed by atoms with Crippen molar-refractivity contribution in [1.29, 1.82) is 0 Å². The standard InChI is InChI=1S/C17H20ClNO2/c1-17(2)9-15-12(16(20)10-17)6-7-19(15)14-8-11(21-3)4-5-13(14)18/h4-8,16,20H,9-10H2,1-3H3. The zero-order valence-corrected chi connectivity index (χ0v) is 13.3. The van der Waals surface area contributed by atoms with Gasteiger partial charge in [-0.15, -0.1) is 0 Å². The Hall–Kier alpha value is -1.45. The number of rotatable bonds is 2. The highest BCUT2D eigenvalue weighted by Gasteiger charge is 2.33. The first-order chi connectivity index (χ1) is 9.91. The summed E-state index contributed by atoms with van der Waals surface area (Å²) in [6, 6.07) is 7.61. The van der Waals surface area contributed by atoms with E-state index in [-0.39, 0.29) is 5.41 Å². The summed E-state index contributed by atoms with van der Waals surface area (Å²) in [6.45, 7) is 4.37. The van der Waals surface area contributed by atoms with Crippen molar-refractivity contribution in [2.75, 3.05) is 7.11 Å². The van der Waals surface area contributed by atoms with Crippen molar-refractivity contribution in [3.05, 3.63) is 46.7 Å². The maximum Gasteiger partial charge on any atom is 0.121 e. The Bertz CT molecular complexity index is 675. The number of hydrogen-bond donors (Lipinski definition) is 1. The molecule has 0 saturated heterocycles. The van der Waals surface area contributed by atoms with Crippen LogP contribution in [0.5, 0.6) is 5.75 Å². The lowest BCUT2D eigenvalue weighted by atomic mass is 9.75. The zero-order chi connectivity index (χ0) is 15.2. The van der Waals surface area contributed by atoms with Crippen molar-refractivity contribution in [3.8, 4) is 11.4 Å². The van der Waals surface area contributed by atoms with Gasteiger partial charge in [-0.05, 0) is 36.5 Å². The highest BCUT2D eigenvalue weighted by atomic mass is 35.5. The normalized spacial score (nSPS) is 20.1. The van der Waals surface area contributed by atoms with Gasteiger partial charge in [-0.1, -0.05) is 25.4 Å². The summed E-state index contributed by atoms with van der Waals surface area (Å²) in [5.74, 6) is 0.771. The first kappa shape index (κ1) is 14.5. The summed E-state index contributed by atoms with van der Waals surface area (Å²) in [5.41, 5.74) is 3.11. The largest absolute Gasteiger partial charge is 0.497 e. The van der Waals surface area contributed by atoms with Crippen molar-refractivity contribution >= 4 is 11.6 Å². The van der Waals surface area contributed by atoms with E-state index in [4.69, 9.17) is 16.3 Å². The maximum atomic E-state index is 10.4. The molecule has 0 bridgehead atoms. The van der Waals surface area contributed by atoms with E-state index >= 15 is 0 Å². The van der Waals surface area contributed by atoms with Crippen LogP contribution < -0.4 is 4.74 Å². The van der Waals surface area contributed by atoms with Gasteiger partial charge in [0.15, 0.2) is 0 Å². The van der Waals surface area contributed by atoms with Crippen LogP contribution in [0.15, 0.2) is 30.5 Å². The van der Waals surface area contributed by atoms with Crippen LogP contribution in [0.25, 0.3) is 5.69 Å². The predicted octanol–water partition coefficient (Wildman–Crippen LogP) is 4.15. The molecule has 0 fully saturated rings. The van der Waals surface area contributed by atoms with E-state index in [2.05, 4.69) is 18.4 Å². The molecule has 112 valence electrons. The predicted molar refractivity (Wildman–Crippen MR) is 84.4 cm³/mol. The molecule has 1 aliphatic carbocycles. The van der Waals surface area contributed by atoms with Gasteiger partial charge in [-0.25, -0.2) is 0 Å². The number of aliphatic hydroxyl groups is 1. The maximum absolute atomic E-state index is 10.4. The molecule has 0 saturated carbocycles. The molecule has 21 heavy (non-hydrogen) atoms. The van der Waals surface area contributed by atoms with Crippen LogP contribution in [-0.4, -0.2) is 16.8 Å². The monoisotopic (exact) mass is 305 g/mol. The highest BCUT2D eigenvalue weighted by molar-refractivity contribution is 6.32. The molecule has 1 aliphatic rings. The fraction of sp³-hybridized carbons (Fsp3) is 0.412. The second kappa shape index (κ2) is 5.08. The van der Waals surface area contributed by atoms with Crippen LogP contribution in [0, 0.1) is 5.41 Å². The van der Waals surface area contributed by atoms with Crippen molar-refractivity contribution in [1.82, 2.24) is 4.57 Å². The lowest BCUT2D eigenvalue weighted by Gasteiger charge is -2.34. The lowest BCUT2D eigenvalue weighted by Crippen LogP contribution is -2.26. The second-order valence-corrected chi connectivity index (χ2v) is 6.87. The molecule has 2 aromatic rings. The number of halogens is 1. The zero-order valence-electron chi connectivity index (χ0n) is 12.6. The summed E-state index contributed by atoms with van der Waals surface area (Å²) in [6.07, 6.45) is 3.28. The first-order valence-electron chi connectivity index (χ1n) is 7.13. The van der Waals surface area contributed by atoms with E-state index in [0.717, 1.165) is 35.5 Å². The molecule has 0 aliphatic heterocycles. The van der Waals surface area contributed by atoms with E-state index in [0.29, 0.717) is 5.02 Å². The van der Waals surface area contributed by atoms with Gasteiger partial charge < -0.3 is 14.4 Å². The minimum absolute atomic E-state index is 0.0772. The van der Waals surface area contributed by atoms with Gasteiger partial charge in [0.2, 0.25) is 0 Å². The Balaban J connectivity index is 2.14. The first-order valence-corrected chi connectivity index (χ1v) is 7.51. The van der Waals surface area contributed by atoms with Crippen molar-refractivity contribution < 1.29 is 9.84 Å². The molecule has 1 N–H and O–H groups in total. The number of aromatic nitrogens is 1. The van der Waals surface area contributed by atoms with Gasteiger partial charge in [0.25, 0.3) is 0 Å². The number of ether oxygens (including phenoxy) is 1. The van der Waals surface area contributed by atoms with E-state index in [1.807, 2.05) is 30.5 Å². The molecule has 0 amide bonds. The summed E-state index contributed by atoms with van der Waals surface area (Å²) >= 11 is 6.36. The SMILES string of the molecule is COc1ccc(Cl)c(-n2ccc3c2CC(C)(C)CC3O)c1. The molecule has 1 atom stereocenters. The second-order valence-electron chi connectivity index (χ2n) is 6.47. The molecule has 1 aromatic heterocycles. The molecule has 3 rings (SSSR count). The van der Waals surface area contributed by atoms with E-state index < -0.39 is 6.10 Å². The summed E-state index contributed by atoms with van der Waals surface area (Å²) in [7, 11) is 1.64. The number of methoxy groups -OCH3 is 1. The molecular formula is C17H20ClNO2. The van der Waals surface area contributed by atoms with E-state index in [1.165, 1.54) is 0 Å². The number of aliphatic hydroxyl groups excluding tert-OH is 1. The van der Waals surface area contributed by atoms with Gasteiger partial charge in [0.05, 0.1) is 23.9 Å². The smallest absolute Gasteiger partial charge is 0.121 e. The van der Waals surface area contributed by atoms with E-state index in [1.54, 1.807) is 7.11 Å². The van der Waals surface area contributed by atoms with Crippen LogP contribution >= 0.6 is 11.6 Å². The van der Waals surface area contributed by atoms with Gasteiger partial charge in [0.1, 0.15) is 5.75 Å². The molecule has 4 heteroatoms. The van der Waals surface area contributed by atoms with E-state index in [9.17, 15) is 5.11 Å². The average Bonchev–Trinajstić information content (AvgIpc) is 2.81. The van der Waals surface area contributed by atoms with Gasteiger partial charge in [-0.3, -0.25) is 0 Å². The molecule has 3 nitrogen and oxygen atoms in total. The number of benzene rings is 1. The summed E-state index contributed by atoms with van der Waals surface area (Å²) < 4.78 is 7.37. The Morgan fingerprint density at radius 1 is 1.33 bits per heavy atom. The van der Waals surface area contributed by atoms with Crippen LogP contribution in [0.3, 0.4) is 0 Å². The quantitative estimate of drug-likeness (QED) is 0.904. The molecule has 0 radical (unpaired) electrons. The van der Waals surface area contributed by atoms with Gasteiger partial charge >= 0.3 is 0 Å². The third kappa shape index (κ3) is 2.56. The minimum Gasteiger partial charge on any atom is -0.497 e. The molecular weight excluding hydrogens is 286 g/mol. The number of nitrogens with zero attached hydrogens (tertiary/aromatic N) is 1. The third-order valence-corrected chi connectivity index (χ3v) is 4.51. The summed E-state index contributed by atoms with van der Waals surface area (Å²) in [4.78, 5) is 0. The Labute approximate surface area is 130 Å². The minimum atomic E-state index is -0.408.